The van der Waals surface area contributed by atoms with E-state index in [-0.39, 0.29) is 11.3 Å². The molecule has 1 aromatic carbocycles. The molecule has 1 N–H and O–H groups in total. The van der Waals surface area contributed by atoms with Crippen molar-refractivity contribution in [3.05, 3.63) is 29.6 Å². The summed E-state index contributed by atoms with van der Waals surface area (Å²) in [5, 5.41) is 2.65. The van der Waals surface area contributed by atoms with E-state index in [0.717, 1.165) is 6.07 Å². The van der Waals surface area contributed by atoms with Crippen molar-refractivity contribution < 1.29 is 17.9 Å². The molecule has 0 heterocycles. The summed E-state index contributed by atoms with van der Waals surface area (Å²) in [6, 6.07) is 1.31. The van der Waals surface area contributed by atoms with Crippen LogP contribution in [0.5, 0.6) is 0 Å². The molecule has 0 atom stereocenters. The minimum atomic E-state index is -1.20. The topological polar surface area (TPSA) is 21.3 Å². The summed E-state index contributed by atoms with van der Waals surface area (Å²) in [5.74, 6) is -3.09. The van der Waals surface area contributed by atoms with Crippen LogP contribution in [0.4, 0.5) is 18.9 Å². The van der Waals surface area contributed by atoms with Crippen molar-refractivity contribution in [1.29, 1.82) is 0 Å². The molecule has 0 amide bonds. The largest absolute Gasteiger partial charge is 0.380 e. The van der Waals surface area contributed by atoms with Crippen molar-refractivity contribution in [3.8, 4) is 0 Å². The maximum atomic E-state index is 13.2. The average molecular weight is 247 g/mol. The molecular formula is C12H16F3NO. The van der Waals surface area contributed by atoms with Crippen LogP contribution >= 0.6 is 0 Å². The zero-order chi connectivity index (χ0) is 13.1. The zero-order valence-electron chi connectivity index (χ0n) is 10.1. The molecular weight excluding hydrogens is 231 g/mol. The molecule has 0 aromatic heterocycles. The highest BCUT2D eigenvalue weighted by atomic mass is 19.2. The van der Waals surface area contributed by atoms with Crippen LogP contribution in [0.25, 0.3) is 0 Å². The van der Waals surface area contributed by atoms with Crippen LogP contribution in [0.2, 0.25) is 0 Å². The predicted molar refractivity (Wildman–Crippen MR) is 60.5 cm³/mol. The van der Waals surface area contributed by atoms with Gasteiger partial charge in [0.1, 0.15) is 5.82 Å². The molecule has 0 saturated carbocycles. The second kappa shape index (κ2) is 5.40. The lowest BCUT2D eigenvalue weighted by molar-refractivity contribution is 0.00332. The molecule has 0 bridgehead atoms. The van der Waals surface area contributed by atoms with Gasteiger partial charge in [-0.3, -0.25) is 0 Å². The highest BCUT2D eigenvalue weighted by Gasteiger charge is 2.11. The Hall–Kier alpha value is -1.23. The van der Waals surface area contributed by atoms with Gasteiger partial charge in [-0.1, -0.05) is 0 Å². The Morgan fingerprint density at radius 1 is 1.06 bits per heavy atom. The van der Waals surface area contributed by atoms with Crippen molar-refractivity contribution in [2.24, 2.45) is 0 Å². The predicted octanol–water partition coefficient (Wildman–Crippen LogP) is 3.33. The van der Waals surface area contributed by atoms with Gasteiger partial charge in [0.2, 0.25) is 0 Å². The molecule has 0 aliphatic carbocycles. The third-order valence-electron chi connectivity index (χ3n) is 1.96. The number of hydrogen-bond donors (Lipinski definition) is 1. The molecule has 0 fully saturated rings. The standard InChI is InChI=1S/C12H16F3NO/c1-12(2,3)17-5-4-16-11-7-9(14)8(13)6-10(11)15/h6-7,16H,4-5H2,1-3H3. The summed E-state index contributed by atoms with van der Waals surface area (Å²) in [6.45, 7) is 6.35. The van der Waals surface area contributed by atoms with Crippen LogP contribution in [0.3, 0.4) is 0 Å². The molecule has 0 aliphatic heterocycles. The third-order valence-corrected chi connectivity index (χ3v) is 1.96. The first-order chi connectivity index (χ1) is 7.79. The molecule has 5 heteroatoms. The Kier molecular flexibility index (Phi) is 4.40. The molecule has 1 aromatic rings. The number of halogens is 3. The summed E-state index contributed by atoms with van der Waals surface area (Å²) < 4.78 is 44.1. The van der Waals surface area contributed by atoms with E-state index in [4.69, 9.17) is 4.74 Å². The van der Waals surface area contributed by atoms with Gasteiger partial charge in [0.15, 0.2) is 11.6 Å². The minimum absolute atomic E-state index is 0.0681. The normalized spacial score (nSPS) is 11.6. The molecule has 1 rings (SSSR count). The Morgan fingerprint density at radius 2 is 1.65 bits per heavy atom. The summed E-state index contributed by atoms with van der Waals surface area (Å²) in [6.07, 6.45) is 0. The van der Waals surface area contributed by atoms with Gasteiger partial charge in [-0.25, -0.2) is 13.2 Å². The fourth-order valence-electron chi connectivity index (χ4n) is 1.20. The monoisotopic (exact) mass is 247 g/mol. The maximum Gasteiger partial charge on any atom is 0.161 e. The van der Waals surface area contributed by atoms with E-state index in [1.54, 1.807) is 0 Å². The van der Waals surface area contributed by atoms with Crippen molar-refractivity contribution in [2.75, 3.05) is 18.5 Å². The maximum absolute atomic E-state index is 13.2. The number of ether oxygens (including phenoxy) is 1. The third kappa shape index (κ3) is 4.65. The first-order valence-corrected chi connectivity index (χ1v) is 5.32. The molecule has 0 unspecified atom stereocenters. The lowest BCUT2D eigenvalue weighted by Gasteiger charge is -2.19. The highest BCUT2D eigenvalue weighted by molar-refractivity contribution is 5.45. The second-order valence-electron chi connectivity index (χ2n) is 4.63. The van der Waals surface area contributed by atoms with Gasteiger partial charge in [0, 0.05) is 18.7 Å². The Labute approximate surface area is 98.8 Å². The van der Waals surface area contributed by atoms with E-state index < -0.39 is 17.5 Å². The van der Waals surface area contributed by atoms with Gasteiger partial charge in [-0.2, -0.15) is 0 Å². The summed E-state index contributed by atoms with van der Waals surface area (Å²) >= 11 is 0. The summed E-state index contributed by atoms with van der Waals surface area (Å²) in [4.78, 5) is 0. The molecule has 2 nitrogen and oxygen atoms in total. The average Bonchev–Trinajstić information content (AvgIpc) is 2.18. The highest BCUT2D eigenvalue weighted by Crippen LogP contribution is 2.18. The van der Waals surface area contributed by atoms with E-state index in [9.17, 15) is 13.2 Å². The number of rotatable bonds is 4. The van der Waals surface area contributed by atoms with Gasteiger partial charge in [-0.05, 0) is 20.8 Å². The number of nitrogens with one attached hydrogen (secondary N) is 1. The summed E-state index contributed by atoms with van der Waals surface area (Å²) in [5.41, 5.74) is -0.352. The smallest absolute Gasteiger partial charge is 0.161 e. The van der Waals surface area contributed by atoms with Crippen LogP contribution < -0.4 is 5.32 Å². The fraction of sp³-hybridized carbons (Fsp3) is 0.500. The second-order valence-corrected chi connectivity index (χ2v) is 4.63. The van der Waals surface area contributed by atoms with Gasteiger partial charge < -0.3 is 10.1 Å². The van der Waals surface area contributed by atoms with E-state index in [1.807, 2.05) is 20.8 Å². The van der Waals surface area contributed by atoms with Crippen molar-refractivity contribution in [2.45, 2.75) is 26.4 Å². The first kappa shape index (κ1) is 13.8. The van der Waals surface area contributed by atoms with Crippen LogP contribution in [0.1, 0.15) is 20.8 Å². The molecule has 0 radical (unpaired) electrons. The fourth-order valence-corrected chi connectivity index (χ4v) is 1.20. The zero-order valence-corrected chi connectivity index (χ0v) is 10.1. The SMILES string of the molecule is CC(C)(C)OCCNc1cc(F)c(F)cc1F. The molecule has 0 saturated heterocycles. The van der Waals surface area contributed by atoms with Gasteiger partial charge in [-0.15, -0.1) is 0 Å². The Bertz CT molecular complexity index is 388. The summed E-state index contributed by atoms with van der Waals surface area (Å²) in [7, 11) is 0. The van der Waals surface area contributed by atoms with Gasteiger partial charge in [0.05, 0.1) is 17.9 Å². The van der Waals surface area contributed by atoms with Crippen LogP contribution in [0, 0.1) is 17.5 Å². The quantitative estimate of drug-likeness (QED) is 0.651. The Morgan fingerprint density at radius 3 is 2.24 bits per heavy atom. The van der Waals surface area contributed by atoms with Crippen molar-refractivity contribution in [1.82, 2.24) is 0 Å². The first-order valence-electron chi connectivity index (χ1n) is 5.32. The van der Waals surface area contributed by atoms with Crippen LogP contribution in [-0.4, -0.2) is 18.8 Å². The number of hydrogen-bond acceptors (Lipinski definition) is 2. The Balaban J connectivity index is 2.50. The van der Waals surface area contributed by atoms with Crippen LogP contribution in [-0.2, 0) is 4.74 Å². The number of anilines is 1. The van der Waals surface area contributed by atoms with E-state index in [1.165, 1.54) is 0 Å². The number of benzene rings is 1. The van der Waals surface area contributed by atoms with E-state index in [0.29, 0.717) is 19.2 Å². The van der Waals surface area contributed by atoms with E-state index >= 15 is 0 Å². The van der Waals surface area contributed by atoms with Crippen LogP contribution in [0.15, 0.2) is 12.1 Å². The minimum Gasteiger partial charge on any atom is -0.380 e. The molecule has 0 spiro atoms. The lowest BCUT2D eigenvalue weighted by Crippen LogP contribution is -2.23. The molecule has 96 valence electrons. The van der Waals surface area contributed by atoms with Gasteiger partial charge >= 0.3 is 0 Å². The lowest BCUT2D eigenvalue weighted by atomic mass is 10.2. The van der Waals surface area contributed by atoms with E-state index in [2.05, 4.69) is 5.32 Å². The molecule has 0 aliphatic rings. The van der Waals surface area contributed by atoms with Gasteiger partial charge in [0.25, 0.3) is 0 Å². The molecule has 17 heavy (non-hydrogen) atoms. The van der Waals surface area contributed by atoms with Crippen molar-refractivity contribution >= 4 is 5.69 Å². The van der Waals surface area contributed by atoms with Crippen molar-refractivity contribution in [3.63, 3.8) is 0 Å².